The Morgan fingerprint density at radius 1 is 1.28 bits per heavy atom. The Morgan fingerprint density at radius 3 is 2.72 bits per heavy atom. The number of para-hydroxylation sites is 1. The molecule has 2 aromatic rings. The van der Waals surface area contributed by atoms with E-state index in [0.717, 1.165) is 11.3 Å². The highest BCUT2D eigenvalue weighted by Gasteiger charge is 2.12. The largest absolute Gasteiger partial charge is 0.496 e. The van der Waals surface area contributed by atoms with Gasteiger partial charge < -0.3 is 9.84 Å². The highest BCUT2D eigenvalue weighted by Crippen LogP contribution is 2.24. The second-order valence-corrected chi connectivity index (χ2v) is 4.37. The van der Waals surface area contributed by atoms with Crippen LogP contribution in [0.4, 0.5) is 0 Å². The van der Waals surface area contributed by atoms with Crippen molar-refractivity contribution in [1.29, 1.82) is 0 Å². The molecule has 94 valence electrons. The molecule has 0 aliphatic heterocycles. The molecule has 2 rings (SSSR count). The number of halogens is 1. The number of hydrogen-bond acceptors (Lipinski definition) is 3. The molecule has 1 N–H and O–H groups in total. The topological polar surface area (TPSA) is 42.4 Å². The Bertz CT molecular complexity index is 513. The van der Waals surface area contributed by atoms with E-state index in [-0.39, 0.29) is 0 Å². The monoisotopic (exact) mass is 263 g/mol. The Kier molecular flexibility index (Phi) is 4.18. The van der Waals surface area contributed by atoms with Crippen LogP contribution in [0.15, 0.2) is 42.6 Å². The van der Waals surface area contributed by atoms with Gasteiger partial charge in [0.1, 0.15) is 11.9 Å². The third kappa shape index (κ3) is 3.00. The molecule has 1 atom stereocenters. The van der Waals surface area contributed by atoms with E-state index in [1.807, 2.05) is 24.3 Å². The van der Waals surface area contributed by atoms with E-state index >= 15 is 0 Å². The van der Waals surface area contributed by atoms with E-state index in [9.17, 15) is 5.11 Å². The van der Waals surface area contributed by atoms with Gasteiger partial charge >= 0.3 is 0 Å². The van der Waals surface area contributed by atoms with E-state index in [0.29, 0.717) is 17.1 Å². The molecular formula is C14H14ClNO2. The molecule has 3 nitrogen and oxygen atoms in total. The minimum absolute atomic E-state index is 0.457. The maximum absolute atomic E-state index is 10.1. The molecule has 0 amide bonds. The molecule has 0 saturated carbocycles. The molecule has 1 heterocycles. The van der Waals surface area contributed by atoms with E-state index < -0.39 is 6.10 Å². The van der Waals surface area contributed by atoms with Gasteiger partial charge in [0.05, 0.1) is 17.8 Å². The van der Waals surface area contributed by atoms with E-state index in [2.05, 4.69) is 4.98 Å². The van der Waals surface area contributed by atoms with Gasteiger partial charge in [-0.3, -0.25) is 4.98 Å². The summed E-state index contributed by atoms with van der Waals surface area (Å²) in [6.45, 7) is 0. The maximum atomic E-state index is 10.1. The van der Waals surface area contributed by atoms with Gasteiger partial charge in [0, 0.05) is 12.6 Å². The van der Waals surface area contributed by atoms with Crippen molar-refractivity contribution < 1.29 is 9.84 Å². The third-order valence-corrected chi connectivity index (χ3v) is 2.92. The Morgan fingerprint density at radius 2 is 2.06 bits per heavy atom. The van der Waals surface area contributed by atoms with Crippen LogP contribution in [0.5, 0.6) is 5.75 Å². The van der Waals surface area contributed by atoms with Gasteiger partial charge in [0.15, 0.2) is 0 Å². The fourth-order valence-electron chi connectivity index (χ4n) is 1.77. The highest BCUT2D eigenvalue weighted by atomic mass is 35.5. The zero-order chi connectivity index (χ0) is 13.0. The molecule has 0 aliphatic carbocycles. The first-order valence-electron chi connectivity index (χ1n) is 5.62. The Labute approximate surface area is 111 Å². The lowest BCUT2D eigenvalue weighted by Crippen LogP contribution is -2.05. The summed E-state index contributed by atoms with van der Waals surface area (Å²) in [6.07, 6.45) is 1.32. The second-order valence-electron chi connectivity index (χ2n) is 3.93. The van der Waals surface area contributed by atoms with Gasteiger partial charge in [-0.2, -0.15) is 0 Å². The number of rotatable bonds is 4. The Hall–Kier alpha value is -1.58. The normalized spacial score (nSPS) is 12.2. The number of aliphatic hydroxyl groups is 1. The summed E-state index contributed by atoms with van der Waals surface area (Å²) >= 11 is 5.76. The van der Waals surface area contributed by atoms with Crippen LogP contribution in [0.2, 0.25) is 5.02 Å². The lowest BCUT2D eigenvalue weighted by molar-refractivity contribution is 0.172. The number of aliphatic hydroxyl groups excluding tert-OH is 1. The number of ether oxygens (including phenoxy) is 1. The number of methoxy groups -OCH3 is 1. The summed E-state index contributed by atoms with van der Waals surface area (Å²) in [5, 5.41) is 10.7. The van der Waals surface area contributed by atoms with Crippen LogP contribution < -0.4 is 4.74 Å². The van der Waals surface area contributed by atoms with E-state index in [1.54, 1.807) is 19.2 Å². The van der Waals surface area contributed by atoms with Crippen molar-refractivity contribution in [2.45, 2.75) is 12.5 Å². The van der Waals surface area contributed by atoms with Crippen molar-refractivity contribution in [3.63, 3.8) is 0 Å². The van der Waals surface area contributed by atoms with Crippen LogP contribution in [-0.2, 0) is 6.42 Å². The average molecular weight is 264 g/mol. The van der Waals surface area contributed by atoms with Crippen molar-refractivity contribution in [3.05, 3.63) is 58.9 Å². The molecule has 0 radical (unpaired) electrons. The number of benzene rings is 1. The lowest BCUT2D eigenvalue weighted by atomic mass is 10.0. The third-order valence-electron chi connectivity index (χ3n) is 2.70. The second kappa shape index (κ2) is 5.85. The van der Waals surface area contributed by atoms with Crippen molar-refractivity contribution in [1.82, 2.24) is 4.98 Å². The number of hydrogen-bond donors (Lipinski definition) is 1. The molecule has 0 spiro atoms. The predicted molar refractivity (Wildman–Crippen MR) is 70.9 cm³/mol. The fraction of sp³-hybridized carbons (Fsp3) is 0.214. The van der Waals surface area contributed by atoms with E-state index in [4.69, 9.17) is 16.3 Å². The fourth-order valence-corrected chi connectivity index (χ4v) is 1.88. The number of aromatic nitrogens is 1. The van der Waals surface area contributed by atoms with Gasteiger partial charge in [0.2, 0.25) is 0 Å². The minimum atomic E-state index is -0.668. The van der Waals surface area contributed by atoms with Crippen LogP contribution in [0.25, 0.3) is 0 Å². The summed E-state index contributed by atoms with van der Waals surface area (Å²) in [6, 6.07) is 11.1. The summed E-state index contributed by atoms with van der Waals surface area (Å²) in [4.78, 5) is 4.11. The maximum Gasteiger partial charge on any atom is 0.122 e. The molecule has 18 heavy (non-hydrogen) atoms. The standard InChI is InChI=1S/C14H14ClNO2/c1-18-14-5-3-2-4-10(14)8-13(17)12-7-6-11(15)9-16-12/h2-7,9,13,17H,8H2,1H3. The zero-order valence-electron chi connectivity index (χ0n) is 10.0. The van der Waals surface area contributed by atoms with E-state index in [1.165, 1.54) is 6.20 Å². The molecular weight excluding hydrogens is 250 g/mol. The van der Waals surface area contributed by atoms with Gasteiger partial charge in [-0.25, -0.2) is 0 Å². The lowest BCUT2D eigenvalue weighted by Gasteiger charge is -2.12. The highest BCUT2D eigenvalue weighted by molar-refractivity contribution is 6.30. The molecule has 0 bridgehead atoms. The van der Waals surface area contributed by atoms with Gasteiger partial charge in [-0.1, -0.05) is 29.8 Å². The van der Waals surface area contributed by atoms with Gasteiger partial charge in [-0.05, 0) is 23.8 Å². The molecule has 1 unspecified atom stereocenters. The quantitative estimate of drug-likeness (QED) is 0.922. The molecule has 0 fully saturated rings. The molecule has 0 saturated heterocycles. The van der Waals surface area contributed by atoms with Crippen LogP contribution in [0.1, 0.15) is 17.4 Å². The molecule has 4 heteroatoms. The summed E-state index contributed by atoms with van der Waals surface area (Å²) in [7, 11) is 1.62. The van der Waals surface area contributed by atoms with Gasteiger partial charge in [0.25, 0.3) is 0 Å². The molecule has 1 aromatic heterocycles. The molecule has 0 aliphatic rings. The first kappa shape index (κ1) is 12.9. The van der Waals surface area contributed by atoms with Crippen molar-refractivity contribution >= 4 is 11.6 Å². The zero-order valence-corrected chi connectivity index (χ0v) is 10.8. The minimum Gasteiger partial charge on any atom is -0.496 e. The van der Waals surface area contributed by atoms with Crippen LogP contribution in [0, 0.1) is 0 Å². The van der Waals surface area contributed by atoms with Crippen LogP contribution >= 0.6 is 11.6 Å². The van der Waals surface area contributed by atoms with Crippen molar-refractivity contribution in [2.75, 3.05) is 7.11 Å². The Balaban J connectivity index is 2.15. The summed E-state index contributed by atoms with van der Waals surface area (Å²) in [5.41, 5.74) is 1.55. The van der Waals surface area contributed by atoms with Crippen molar-refractivity contribution in [2.24, 2.45) is 0 Å². The van der Waals surface area contributed by atoms with Gasteiger partial charge in [-0.15, -0.1) is 0 Å². The molecule has 1 aromatic carbocycles. The number of pyridine rings is 1. The smallest absolute Gasteiger partial charge is 0.122 e. The first-order valence-corrected chi connectivity index (χ1v) is 6.00. The average Bonchev–Trinajstić information content (AvgIpc) is 2.40. The predicted octanol–water partition coefficient (Wildman–Crippen LogP) is 3.02. The summed E-state index contributed by atoms with van der Waals surface area (Å²) < 4.78 is 5.25. The SMILES string of the molecule is COc1ccccc1CC(O)c1ccc(Cl)cn1. The summed E-state index contributed by atoms with van der Waals surface area (Å²) in [5.74, 6) is 0.769. The first-order chi connectivity index (χ1) is 8.70. The van der Waals surface area contributed by atoms with Crippen LogP contribution in [-0.4, -0.2) is 17.2 Å². The van der Waals surface area contributed by atoms with Crippen LogP contribution in [0.3, 0.4) is 0 Å². The number of nitrogens with zero attached hydrogens (tertiary/aromatic N) is 1. The van der Waals surface area contributed by atoms with Crippen molar-refractivity contribution in [3.8, 4) is 5.75 Å².